The Morgan fingerprint density at radius 2 is 1.85 bits per heavy atom. The van der Waals surface area contributed by atoms with Crippen LogP contribution < -0.4 is 15.2 Å². The molecule has 0 amide bonds. The van der Waals surface area contributed by atoms with Crippen LogP contribution in [0.2, 0.25) is 5.02 Å². The Labute approximate surface area is 123 Å². The molecule has 0 aromatic heterocycles. The molecule has 0 bridgehead atoms. The highest BCUT2D eigenvalue weighted by atomic mass is 35.5. The van der Waals surface area contributed by atoms with Gasteiger partial charge in [0, 0.05) is 11.1 Å². The van der Waals surface area contributed by atoms with Crippen LogP contribution in [0.4, 0.5) is 0 Å². The topological polar surface area (TPSA) is 44.5 Å². The molecule has 1 atom stereocenters. The van der Waals surface area contributed by atoms with Crippen molar-refractivity contribution in [3.05, 3.63) is 58.6 Å². The van der Waals surface area contributed by atoms with Crippen molar-refractivity contribution in [1.82, 2.24) is 0 Å². The Kier molecular flexibility index (Phi) is 3.81. The molecule has 0 saturated carbocycles. The summed E-state index contributed by atoms with van der Waals surface area (Å²) in [6.45, 7) is 1.18. The minimum Gasteiger partial charge on any atom is -0.486 e. The van der Waals surface area contributed by atoms with Crippen LogP contribution in [0.3, 0.4) is 0 Å². The minimum atomic E-state index is -0.0932. The van der Waals surface area contributed by atoms with Gasteiger partial charge in [-0.2, -0.15) is 0 Å². The Balaban J connectivity index is 1.78. The molecule has 1 unspecified atom stereocenters. The van der Waals surface area contributed by atoms with E-state index in [4.69, 9.17) is 26.8 Å². The van der Waals surface area contributed by atoms with Crippen LogP contribution in [0.5, 0.6) is 11.5 Å². The minimum absolute atomic E-state index is 0.0932. The van der Waals surface area contributed by atoms with Gasteiger partial charge >= 0.3 is 0 Å². The summed E-state index contributed by atoms with van der Waals surface area (Å²) >= 11 is 5.99. The number of ether oxygens (including phenoxy) is 2. The number of hydrogen-bond donors (Lipinski definition) is 1. The first-order valence-electron chi connectivity index (χ1n) is 6.62. The summed E-state index contributed by atoms with van der Waals surface area (Å²) in [4.78, 5) is 0. The summed E-state index contributed by atoms with van der Waals surface area (Å²) in [5, 5.41) is 0.733. The maximum absolute atomic E-state index is 6.27. The third-order valence-corrected chi connectivity index (χ3v) is 3.57. The van der Waals surface area contributed by atoms with Gasteiger partial charge in [-0.05, 0) is 41.8 Å². The number of nitrogens with two attached hydrogens (primary N) is 1. The molecule has 2 N–H and O–H groups in total. The van der Waals surface area contributed by atoms with Crippen molar-refractivity contribution in [1.29, 1.82) is 0 Å². The molecule has 0 saturated heterocycles. The summed E-state index contributed by atoms with van der Waals surface area (Å²) in [5.41, 5.74) is 8.43. The molecule has 3 rings (SSSR count). The lowest BCUT2D eigenvalue weighted by Gasteiger charge is -2.20. The van der Waals surface area contributed by atoms with Gasteiger partial charge < -0.3 is 15.2 Å². The molecule has 1 aliphatic rings. The number of benzene rings is 2. The highest BCUT2D eigenvalue weighted by molar-refractivity contribution is 6.30. The van der Waals surface area contributed by atoms with E-state index >= 15 is 0 Å². The molecule has 3 nitrogen and oxygen atoms in total. The van der Waals surface area contributed by atoms with Gasteiger partial charge in [0.1, 0.15) is 13.2 Å². The Morgan fingerprint density at radius 3 is 2.65 bits per heavy atom. The van der Waals surface area contributed by atoms with Crippen LogP contribution in [0.1, 0.15) is 17.2 Å². The molecule has 2 aromatic carbocycles. The maximum Gasteiger partial charge on any atom is 0.161 e. The lowest BCUT2D eigenvalue weighted by atomic mass is 9.99. The van der Waals surface area contributed by atoms with E-state index in [1.165, 1.54) is 0 Å². The highest BCUT2D eigenvalue weighted by Crippen LogP contribution is 2.32. The van der Waals surface area contributed by atoms with Crippen molar-refractivity contribution in [3.8, 4) is 11.5 Å². The number of fused-ring (bicyclic) bond motifs is 1. The fourth-order valence-corrected chi connectivity index (χ4v) is 2.54. The zero-order chi connectivity index (χ0) is 13.9. The molecule has 0 aliphatic carbocycles. The van der Waals surface area contributed by atoms with E-state index < -0.39 is 0 Å². The van der Waals surface area contributed by atoms with E-state index in [9.17, 15) is 0 Å². The molecule has 1 heterocycles. The monoisotopic (exact) mass is 289 g/mol. The van der Waals surface area contributed by atoms with Gasteiger partial charge in [-0.15, -0.1) is 0 Å². The highest BCUT2D eigenvalue weighted by Gasteiger charge is 2.15. The van der Waals surface area contributed by atoms with Crippen LogP contribution in [0, 0.1) is 0 Å². The van der Waals surface area contributed by atoms with Crippen molar-refractivity contribution in [2.24, 2.45) is 5.73 Å². The Hall–Kier alpha value is -1.71. The largest absolute Gasteiger partial charge is 0.486 e. The van der Waals surface area contributed by atoms with Gasteiger partial charge in [-0.1, -0.05) is 29.8 Å². The van der Waals surface area contributed by atoms with E-state index in [0.29, 0.717) is 13.2 Å². The smallest absolute Gasteiger partial charge is 0.161 e. The molecule has 0 spiro atoms. The quantitative estimate of drug-likeness (QED) is 0.942. The molecule has 1 aliphatic heterocycles. The van der Waals surface area contributed by atoms with Crippen molar-refractivity contribution >= 4 is 11.6 Å². The molecule has 2 aromatic rings. The van der Waals surface area contributed by atoms with Gasteiger partial charge in [0.15, 0.2) is 11.5 Å². The number of hydrogen-bond acceptors (Lipinski definition) is 3. The summed E-state index contributed by atoms with van der Waals surface area (Å²) in [6.07, 6.45) is 0.736. The number of rotatable bonds is 3. The fourth-order valence-electron chi connectivity index (χ4n) is 2.33. The second kappa shape index (κ2) is 5.73. The second-order valence-electron chi connectivity index (χ2n) is 4.84. The van der Waals surface area contributed by atoms with Crippen LogP contribution in [-0.2, 0) is 6.42 Å². The molecule has 4 heteroatoms. The Bertz CT molecular complexity index is 615. The average Bonchev–Trinajstić information content (AvgIpc) is 2.47. The van der Waals surface area contributed by atoms with Gasteiger partial charge in [0.05, 0.1) is 0 Å². The van der Waals surface area contributed by atoms with Crippen molar-refractivity contribution in [2.75, 3.05) is 13.2 Å². The van der Waals surface area contributed by atoms with E-state index in [2.05, 4.69) is 0 Å². The van der Waals surface area contributed by atoms with Crippen LogP contribution in [0.15, 0.2) is 42.5 Å². The SMILES string of the molecule is NC(Cc1cccc(Cl)c1)c1ccc2c(c1)OCCO2. The fraction of sp³-hybridized carbons (Fsp3) is 0.250. The number of halogens is 1. The lowest BCUT2D eigenvalue weighted by molar-refractivity contribution is 0.171. The van der Waals surface area contributed by atoms with Crippen LogP contribution in [0.25, 0.3) is 0 Å². The second-order valence-corrected chi connectivity index (χ2v) is 5.28. The zero-order valence-electron chi connectivity index (χ0n) is 11.0. The van der Waals surface area contributed by atoms with Gasteiger partial charge in [0.2, 0.25) is 0 Å². The molecule has 0 fully saturated rings. The third kappa shape index (κ3) is 2.89. The summed E-state index contributed by atoms with van der Waals surface area (Å²) in [7, 11) is 0. The molecule has 104 valence electrons. The molecular formula is C16H16ClNO2. The first kappa shape index (κ1) is 13.3. The van der Waals surface area contributed by atoms with E-state index in [1.54, 1.807) is 0 Å². The lowest BCUT2D eigenvalue weighted by Crippen LogP contribution is -2.17. The van der Waals surface area contributed by atoms with Gasteiger partial charge in [-0.3, -0.25) is 0 Å². The zero-order valence-corrected chi connectivity index (χ0v) is 11.8. The summed E-state index contributed by atoms with van der Waals surface area (Å²) < 4.78 is 11.1. The van der Waals surface area contributed by atoms with E-state index in [0.717, 1.165) is 34.1 Å². The molecule has 20 heavy (non-hydrogen) atoms. The third-order valence-electron chi connectivity index (χ3n) is 3.34. The Morgan fingerprint density at radius 1 is 1.05 bits per heavy atom. The summed E-state index contributed by atoms with van der Waals surface area (Å²) in [6, 6.07) is 13.6. The van der Waals surface area contributed by atoms with E-state index in [1.807, 2.05) is 42.5 Å². The first-order valence-corrected chi connectivity index (χ1v) is 7.00. The summed E-state index contributed by atoms with van der Waals surface area (Å²) in [5.74, 6) is 1.56. The standard InChI is InChI=1S/C16H16ClNO2/c17-13-3-1-2-11(8-13)9-14(18)12-4-5-15-16(10-12)20-7-6-19-15/h1-5,8,10,14H,6-7,9,18H2. The first-order chi connectivity index (χ1) is 9.72. The van der Waals surface area contributed by atoms with Crippen molar-refractivity contribution in [2.45, 2.75) is 12.5 Å². The normalized spacial score (nSPS) is 14.9. The average molecular weight is 290 g/mol. The van der Waals surface area contributed by atoms with Crippen molar-refractivity contribution in [3.63, 3.8) is 0 Å². The van der Waals surface area contributed by atoms with Gasteiger partial charge in [0.25, 0.3) is 0 Å². The van der Waals surface area contributed by atoms with Crippen molar-refractivity contribution < 1.29 is 9.47 Å². The van der Waals surface area contributed by atoms with E-state index in [-0.39, 0.29) is 6.04 Å². The molecular weight excluding hydrogens is 274 g/mol. The van der Waals surface area contributed by atoms with Crippen LogP contribution in [-0.4, -0.2) is 13.2 Å². The molecule has 0 radical (unpaired) electrons. The predicted molar refractivity (Wildman–Crippen MR) is 79.5 cm³/mol. The van der Waals surface area contributed by atoms with Gasteiger partial charge in [-0.25, -0.2) is 0 Å². The van der Waals surface area contributed by atoms with Crippen LogP contribution >= 0.6 is 11.6 Å². The maximum atomic E-state index is 6.27. The predicted octanol–water partition coefficient (Wildman–Crippen LogP) is 3.35.